The summed E-state index contributed by atoms with van der Waals surface area (Å²) in [6.07, 6.45) is 72.5. The highest BCUT2D eigenvalue weighted by molar-refractivity contribution is 6.18. The van der Waals surface area contributed by atoms with Gasteiger partial charge in [-0.2, -0.15) is 0 Å². The molecule has 748 valence electrons. The smallest absolute Gasteiger partial charge is 0.151 e. The largest absolute Gasteiger partial charge is 0.491 e. The van der Waals surface area contributed by atoms with E-state index in [1.807, 2.05) is 0 Å². The molecule has 140 heavy (non-hydrogen) atoms. The molecule has 9 aromatic carbocycles. The molecule has 0 saturated heterocycles. The van der Waals surface area contributed by atoms with E-state index in [-0.39, 0.29) is 0 Å². The summed E-state index contributed by atoms with van der Waals surface area (Å²) in [4.78, 5) is 37.5. The highest BCUT2D eigenvalue weighted by Crippen LogP contribution is 2.71. The van der Waals surface area contributed by atoms with E-state index in [0.717, 1.165) is 284 Å². The first kappa shape index (κ1) is 102. The second kappa shape index (κ2) is 53.2. The molecular formula is C128H170N6O6. The van der Waals surface area contributed by atoms with Crippen LogP contribution in [0, 0.1) is 0 Å². The van der Waals surface area contributed by atoms with Gasteiger partial charge in [-0.25, -0.2) is 29.9 Å². The Hall–Kier alpha value is -9.42. The van der Waals surface area contributed by atoms with E-state index < -0.39 is 11.8 Å². The van der Waals surface area contributed by atoms with Gasteiger partial charge in [0.25, 0.3) is 0 Å². The fourth-order valence-electron chi connectivity index (χ4n) is 24.1. The summed E-state index contributed by atoms with van der Waals surface area (Å²) in [6.45, 7) is 16.8. The lowest BCUT2D eigenvalue weighted by atomic mass is 9.59. The van der Waals surface area contributed by atoms with Crippen molar-refractivity contribution in [3.8, 4) is 102 Å². The van der Waals surface area contributed by atoms with Gasteiger partial charge in [0, 0.05) is 94.8 Å². The minimum atomic E-state index is -0.715. The molecule has 6 aliphatic carbocycles. The summed E-state index contributed by atoms with van der Waals surface area (Å²) in [5, 5.41) is 7.07. The molecule has 12 nitrogen and oxygen atoms in total. The van der Waals surface area contributed by atoms with Crippen LogP contribution in [0.5, 0.6) is 34.5 Å². The molecule has 12 aromatic rings. The molecule has 0 radical (unpaired) electrons. The third-order valence-corrected chi connectivity index (χ3v) is 31.8. The van der Waals surface area contributed by atoms with Crippen molar-refractivity contribution in [3.05, 3.63) is 143 Å². The highest BCUT2D eigenvalue weighted by Gasteiger charge is 2.55. The van der Waals surface area contributed by atoms with E-state index in [2.05, 4.69) is 151 Å². The number of rotatable bonds is 72. The first-order valence-corrected chi connectivity index (χ1v) is 58.1. The van der Waals surface area contributed by atoms with E-state index >= 15 is 0 Å². The second-order valence-electron chi connectivity index (χ2n) is 42.5. The van der Waals surface area contributed by atoms with Crippen LogP contribution in [0.3, 0.4) is 0 Å². The van der Waals surface area contributed by atoms with Gasteiger partial charge in [-0.3, -0.25) is 0 Å². The van der Waals surface area contributed by atoms with Gasteiger partial charge in [0.15, 0.2) is 34.5 Å². The minimum absolute atomic E-state index is 0.482. The Bertz CT molecular complexity index is 5110. The molecule has 0 atom stereocenters. The van der Waals surface area contributed by atoms with Crippen LogP contribution in [-0.2, 0) is 0 Å². The maximum atomic E-state index is 8.20. The summed E-state index contributed by atoms with van der Waals surface area (Å²) in [5.74, 6) is 3.03. The van der Waals surface area contributed by atoms with E-state index in [1.165, 1.54) is 302 Å². The number of benzene rings is 9. The Kier molecular flexibility index (Phi) is 38.8. The molecule has 6 aliphatic rings. The average molecular weight is 1890 g/mol. The van der Waals surface area contributed by atoms with Gasteiger partial charge >= 0.3 is 0 Å². The molecule has 0 saturated carbocycles. The molecule has 12 heteroatoms. The third-order valence-electron chi connectivity index (χ3n) is 31.8. The Morgan fingerprint density at radius 1 is 0.164 bits per heavy atom. The van der Waals surface area contributed by atoms with Gasteiger partial charge in [-0.15, -0.1) is 0 Å². The van der Waals surface area contributed by atoms with Gasteiger partial charge in [0.2, 0.25) is 0 Å². The van der Waals surface area contributed by atoms with E-state index in [0.29, 0.717) is 39.6 Å². The van der Waals surface area contributed by atoms with Crippen molar-refractivity contribution in [2.45, 2.75) is 439 Å². The average Bonchev–Trinajstić information content (AvgIpc) is 0.880. The zero-order valence-corrected chi connectivity index (χ0v) is 87.3. The second-order valence-corrected chi connectivity index (χ2v) is 42.5. The van der Waals surface area contributed by atoms with Gasteiger partial charge in [0.1, 0.15) is 33.1 Å². The normalized spacial score (nSPS) is 13.7. The van der Waals surface area contributed by atoms with Crippen LogP contribution < -0.4 is 28.4 Å². The summed E-state index contributed by atoms with van der Waals surface area (Å²) in [6, 6.07) is 40.4. The quantitative estimate of drug-likeness (QED) is 0.0336. The number of fused-ring (bicyclic) bond motifs is 12. The predicted molar refractivity (Wildman–Crippen MR) is 590 cm³/mol. The van der Waals surface area contributed by atoms with Crippen LogP contribution >= 0.6 is 0 Å². The fourth-order valence-corrected chi connectivity index (χ4v) is 24.1. The first-order chi connectivity index (χ1) is 69.5. The minimum Gasteiger partial charge on any atom is -0.491 e. The molecule has 0 spiro atoms. The predicted octanol–water partition coefficient (Wildman–Crippen LogP) is 38.7. The van der Waals surface area contributed by atoms with Crippen LogP contribution in [0.25, 0.3) is 133 Å². The number of unbranched alkanes of at least 4 members (excludes halogenated alkanes) is 54. The van der Waals surface area contributed by atoms with Gasteiger partial charge in [-0.05, 0) is 54.7 Å². The van der Waals surface area contributed by atoms with Gasteiger partial charge in [-0.1, -0.05) is 497 Å². The Labute approximate surface area is 841 Å². The molecule has 3 heterocycles. The number of hydrogen-bond acceptors (Lipinski definition) is 12. The Morgan fingerprint density at radius 3 is 0.429 bits per heavy atom. The highest BCUT2D eigenvalue weighted by atomic mass is 16.5. The fraction of sp³-hybridized carbons (Fsp3) is 0.578. The summed E-state index contributed by atoms with van der Waals surface area (Å²) in [5.41, 5.74) is 22.2. The topological polar surface area (TPSA) is 133 Å². The van der Waals surface area contributed by atoms with Gasteiger partial charge < -0.3 is 28.4 Å². The lowest BCUT2D eigenvalue weighted by Crippen LogP contribution is -2.32. The van der Waals surface area contributed by atoms with E-state index in [1.54, 1.807) is 0 Å². The van der Waals surface area contributed by atoms with Crippen molar-refractivity contribution in [1.29, 1.82) is 0 Å². The van der Waals surface area contributed by atoms with Crippen LogP contribution in [0.4, 0.5) is 0 Å². The molecule has 0 fully saturated rings. The van der Waals surface area contributed by atoms with Crippen LogP contribution in [0.1, 0.15) is 472 Å². The van der Waals surface area contributed by atoms with E-state index in [9.17, 15) is 0 Å². The summed E-state index contributed by atoms with van der Waals surface area (Å²) in [7, 11) is 0. The number of hydrogen-bond donors (Lipinski definition) is 0. The van der Waals surface area contributed by atoms with E-state index in [4.69, 9.17) is 58.3 Å². The summed E-state index contributed by atoms with van der Waals surface area (Å²) < 4.78 is 49.2. The maximum absolute atomic E-state index is 8.20. The summed E-state index contributed by atoms with van der Waals surface area (Å²) >= 11 is 0. The molecule has 0 unspecified atom stereocenters. The zero-order chi connectivity index (χ0) is 95.8. The van der Waals surface area contributed by atoms with Crippen molar-refractivity contribution in [1.82, 2.24) is 29.9 Å². The molecule has 2 bridgehead atoms. The van der Waals surface area contributed by atoms with Crippen molar-refractivity contribution in [2.24, 2.45) is 0 Å². The van der Waals surface area contributed by atoms with Crippen molar-refractivity contribution in [3.63, 3.8) is 0 Å². The zero-order valence-electron chi connectivity index (χ0n) is 87.3. The maximum Gasteiger partial charge on any atom is 0.151 e. The van der Waals surface area contributed by atoms with Crippen molar-refractivity contribution in [2.75, 3.05) is 39.6 Å². The molecule has 0 aliphatic heterocycles. The molecule has 0 N–H and O–H groups in total. The standard InChI is InChI=1S/C128H170N6O6/c1-7-13-19-25-31-37-43-49-55-61-85-135-123-105-103-107-109(127(139-89-65-59-53-47-41-35-29-23-17-11-5)121-119(125(107)137-87-63-57-51-45-39-33-27-21-15-9-3)131-113-96-81-69-75-92-77-71-83-98(101(92)96)115(113)133-121)104(106(105)124(136-86-62-56-50-44-38-32-26-20-14-8-2)118-117(123)129-111-94-79-67-73-91-74-68-80-95(100(91)94)112(111)130-118)110-108(103)126(138-88-64-58-52-46-40-34-28-22-16-10-4)120-122(128(110)140-90-66-60-54-48-42-36-30-24-18-12-6)134-116-99-84-72-78-93-76-70-82-97(102(93)99)114(116)132-120/h67-84,103-104H,7-66,85-90H2,1-6H3. The monoisotopic (exact) mass is 1890 g/mol. The Morgan fingerprint density at radius 2 is 0.293 bits per heavy atom. The van der Waals surface area contributed by atoms with Crippen LogP contribution in [-0.4, -0.2) is 69.5 Å². The molecule has 18 rings (SSSR count). The number of ether oxygens (including phenoxy) is 6. The number of nitrogens with zero attached hydrogens (tertiary/aromatic N) is 6. The third kappa shape index (κ3) is 23.8. The van der Waals surface area contributed by atoms with Crippen LogP contribution in [0.15, 0.2) is 109 Å². The van der Waals surface area contributed by atoms with Gasteiger partial charge in [0.05, 0.1) is 73.8 Å². The van der Waals surface area contributed by atoms with Crippen LogP contribution in [0.2, 0.25) is 0 Å². The number of aromatic nitrogens is 6. The van der Waals surface area contributed by atoms with Crippen molar-refractivity contribution >= 4 is 65.4 Å². The lowest BCUT2D eigenvalue weighted by Gasteiger charge is -2.46. The SMILES string of the molecule is CCCCCCCCCCCCOc1c2c(c(OCCCCCCCCCCCC)c3nc4c(nc13)-c1cccc3cccc-4c13)C1c3c(c(OCCCCCCCCCCCC)c4nc5c(nc4c3OCCCCCCCCCCCC)-c3cccc4cccc-5c34)C2c2c1c(OCCCCCCCCCCCC)c1nc3c(nc1c2OCCCCCCCCCCCC)-c1cccc2cccc-3c12. The molecule has 0 amide bonds. The van der Waals surface area contributed by atoms with Crippen molar-refractivity contribution < 1.29 is 28.4 Å². The Balaban J connectivity index is 0.931. The molecule has 3 aromatic heterocycles. The molecular weight excluding hydrogens is 1720 g/mol. The first-order valence-electron chi connectivity index (χ1n) is 58.1. The lowest BCUT2D eigenvalue weighted by molar-refractivity contribution is 0.278.